The molecule has 2 heterocycles. The number of hydrogen-bond acceptors (Lipinski definition) is 4. The first-order valence-electron chi connectivity index (χ1n) is 6.70. The van der Waals surface area contributed by atoms with Gasteiger partial charge in [0.05, 0.1) is 0 Å². The van der Waals surface area contributed by atoms with Crippen molar-refractivity contribution in [1.29, 1.82) is 0 Å². The summed E-state index contributed by atoms with van der Waals surface area (Å²) in [6, 6.07) is 0. The molecule has 102 valence electrons. The van der Waals surface area contributed by atoms with Crippen LogP contribution in [0.25, 0.3) is 0 Å². The topological polar surface area (TPSA) is 6.48 Å². The van der Waals surface area contributed by atoms with E-state index in [2.05, 4.69) is 9.80 Å². The first-order chi connectivity index (χ1) is 8.77. The predicted molar refractivity (Wildman–Crippen MR) is 91.2 cm³/mol. The maximum atomic E-state index is 5.48. The third-order valence-electron chi connectivity index (χ3n) is 3.41. The molecule has 2 fully saturated rings. The minimum atomic E-state index is 1.01. The van der Waals surface area contributed by atoms with Gasteiger partial charge in [0, 0.05) is 26.2 Å². The molecule has 2 rings (SSSR count). The van der Waals surface area contributed by atoms with Crippen LogP contribution in [0.4, 0.5) is 0 Å². The second-order valence-corrected chi connectivity index (χ2v) is 8.19. The number of thiocarbonyl (C=S) groups is 2. The zero-order valence-electron chi connectivity index (χ0n) is 10.6. The summed E-state index contributed by atoms with van der Waals surface area (Å²) in [5.41, 5.74) is 0. The maximum absolute atomic E-state index is 5.48. The molecule has 0 N–H and O–H groups in total. The van der Waals surface area contributed by atoms with Crippen LogP contribution in [0.5, 0.6) is 0 Å². The predicted octanol–water partition coefficient (Wildman–Crippen LogP) is 3.91. The average molecular weight is 321 g/mol. The Labute approximate surface area is 129 Å². The van der Waals surface area contributed by atoms with Crippen molar-refractivity contribution in [3.8, 4) is 0 Å². The first kappa shape index (κ1) is 14.9. The molecule has 2 aliphatic rings. The molecule has 0 spiro atoms. The van der Waals surface area contributed by atoms with Crippen molar-refractivity contribution in [3.63, 3.8) is 0 Å². The van der Waals surface area contributed by atoms with Crippen LogP contribution in [0.1, 0.15) is 38.5 Å². The van der Waals surface area contributed by atoms with E-state index in [0.717, 1.165) is 34.8 Å². The molecule has 0 atom stereocenters. The van der Waals surface area contributed by atoms with Crippen molar-refractivity contribution >= 4 is 54.7 Å². The molecule has 0 bridgehead atoms. The Morgan fingerprint density at radius 3 is 1.28 bits per heavy atom. The summed E-state index contributed by atoms with van der Waals surface area (Å²) in [6.45, 7) is 4.51. The summed E-state index contributed by atoms with van der Waals surface area (Å²) in [5, 5.41) is 0. The standard InChI is InChI=1S/C12H20N2S4/c15-11(13-7-3-1-4-8-13)17-18-12(16)14-9-5-2-6-10-14/h1-10H2. The molecule has 0 aromatic heterocycles. The summed E-state index contributed by atoms with van der Waals surface area (Å²) in [5.74, 6) is 0. The van der Waals surface area contributed by atoms with Crippen LogP contribution in [-0.2, 0) is 0 Å². The zero-order chi connectivity index (χ0) is 12.8. The SMILES string of the molecule is S=C(SSC(=S)N1CCCCC1)N1CCCCC1. The molecule has 2 nitrogen and oxygen atoms in total. The fourth-order valence-electron chi connectivity index (χ4n) is 2.33. The molecule has 6 heteroatoms. The molecule has 0 unspecified atom stereocenters. The summed E-state index contributed by atoms with van der Waals surface area (Å²) in [6.07, 6.45) is 7.82. The monoisotopic (exact) mass is 320 g/mol. The number of nitrogens with zero attached hydrogens (tertiary/aromatic N) is 2. The van der Waals surface area contributed by atoms with Gasteiger partial charge in [-0.3, -0.25) is 0 Å². The van der Waals surface area contributed by atoms with Crippen LogP contribution in [0.2, 0.25) is 0 Å². The Morgan fingerprint density at radius 2 is 0.944 bits per heavy atom. The highest BCUT2D eigenvalue weighted by atomic mass is 33.1. The van der Waals surface area contributed by atoms with E-state index in [1.165, 1.54) is 38.5 Å². The number of hydrogen-bond donors (Lipinski definition) is 0. The van der Waals surface area contributed by atoms with Crippen molar-refractivity contribution in [1.82, 2.24) is 9.80 Å². The lowest BCUT2D eigenvalue weighted by Gasteiger charge is -2.30. The van der Waals surface area contributed by atoms with Crippen LogP contribution in [0.3, 0.4) is 0 Å². The number of piperidine rings is 2. The quantitative estimate of drug-likeness (QED) is 0.489. The van der Waals surface area contributed by atoms with Crippen LogP contribution >= 0.6 is 46.0 Å². The van der Waals surface area contributed by atoms with Crippen LogP contribution < -0.4 is 0 Å². The third-order valence-corrected chi connectivity index (χ3v) is 7.14. The van der Waals surface area contributed by atoms with Gasteiger partial charge in [-0.05, 0) is 60.1 Å². The highest BCUT2D eigenvalue weighted by molar-refractivity contribution is 8.89. The van der Waals surface area contributed by atoms with Crippen molar-refractivity contribution in [3.05, 3.63) is 0 Å². The van der Waals surface area contributed by atoms with Gasteiger partial charge in [0.1, 0.15) is 8.64 Å². The Balaban J connectivity index is 1.69. The van der Waals surface area contributed by atoms with Gasteiger partial charge in [-0.2, -0.15) is 0 Å². The van der Waals surface area contributed by atoms with Crippen LogP contribution in [-0.4, -0.2) is 44.6 Å². The summed E-state index contributed by atoms with van der Waals surface area (Å²) in [4.78, 5) is 4.66. The van der Waals surface area contributed by atoms with Crippen molar-refractivity contribution in [2.24, 2.45) is 0 Å². The number of rotatable bonds is 0. The minimum Gasteiger partial charge on any atom is -0.357 e. The molecular weight excluding hydrogens is 300 g/mol. The molecule has 18 heavy (non-hydrogen) atoms. The smallest absolute Gasteiger partial charge is 0.147 e. The Kier molecular flexibility index (Phi) is 6.55. The molecule has 2 saturated heterocycles. The van der Waals surface area contributed by atoms with Crippen LogP contribution in [0.15, 0.2) is 0 Å². The average Bonchev–Trinajstić information content (AvgIpc) is 2.46. The molecule has 0 saturated carbocycles. The van der Waals surface area contributed by atoms with Gasteiger partial charge < -0.3 is 9.80 Å². The zero-order valence-corrected chi connectivity index (χ0v) is 13.9. The van der Waals surface area contributed by atoms with E-state index in [0.29, 0.717) is 0 Å². The lowest BCUT2D eigenvalue weighted by molar-refractivity contribution is 0.352. The molecule has 0 aromatic rings. The van der Waals surface area contributed by atoms with Crippen molar-refractivity contribution < 1.29 is 0 Å². The minimum absolute atomic E-state index is 1.01. The van der Waals surface area contributed by atoms with Gasteiger partial charge in [-0.15, -0.1) is 0 Å². The fraction of sp³-hybridized carbons (Fsp3) is 0.833. The van der Waals surface area contributed by atoms with E-state index in [-0.39, 0.29) is 0 Å². The first-order valence-corrected chi connectivity index (χ1v) is 9.66. The Bertz CT molecular complexity index is 266. The van der Waals surface area contributed by atoms with E-state index in [9.17, 15) is 0 Å². The van der Waals surface area contributed by atoms with E-state index in [4.69, 9.17) is 24.4 Å². The van der Waals surface area contributed by atoms with Gasteiger partial charge in [-0.1, -0.05) is 24.4 Å². The van der Waals surface area contributed by atoms with Gasteiger partial charge in [0.25, 0.3) is 0 Å². The van der Waals surface area contributed by atoms with Gasteiger partial charge >= 0.3 is 0 Å². The second-order valence-electron chi connectivity index (χ2n) is 4.79. The Hall–Kier alpha value is 0.480. The van der Waals surface area contributed by atoms with Crippen molar-refractivity contribution in [2.45, 2.75) is 38.5 Å². The third kappa shape index (κ3) is 4.54. The normalized spacial score (nSPS) is 20.9. The summed E-state index contributed by atoms with van der Waals surface area (Å²) < 4.78 is 2.03. The van der Waals surface area contributed by atoms with E-state index in [1.807, 2.05) is 0 Å². The highest BCUT2D eigenvalue weighted by Gasteiger charge is 2.18. The van der Waals surface area contributed by atoms with Gasteiger partial charge in [0.15, 0.2) is 0 Å². The van der Waals surface area contributed by atoms with E-state index >= 15 is 0 Å². The number of likely N-dealkylation sites (tertiary alicyclic amines) is 2. The Morgan fingerprint density at radius 1 is 0.611 bits per heavy atom. The molecule has 0 amide bonds. The molecule has 2 aliphatic heterocycles. The van der Waals surface area contributed by atoms with E-state index in [1.54, 1.807) is 21.6 Å². The van der Waals surface area contributed by atoms with Crippen LogP contribution in [0, 0.1) is 0 Å². The fourth-order valence-corrected chi connectivity index (χ4v) is 5.09. The molecular formula is C12H20N2S4. The molecule has 0 radical (unpaired) electrons. The van der Waals surface area contributed by atoms with E-state index < -0.39 is 0 Å². The molecule has 0 aromatic carbocycles. The van der Waals surface area contributed by atoms with Gasteiger partial charge in [-0.25, -0.2) is 0 Å². The highest BCUT2D eigenvalue weighted by Crippen LogP contribution is 2.30. The van der Waals surface area contributed by atoms with Crippen molar-refractivity contribution in [2.75, 3.05) is 26.2 Å². The molecule has 0 aliphatic carbocycles. The second kappa shape index (κ2) is 7.92. The summed E-state index contributed by atoms with van der Waals surface area (Å²) >= 11 is 11.0. The lowest BCUT2D eigenvalue weighted by atomic mass is 10.1. The summed E-state index contributed by atoms with van der Waals surface area (Å²) in [7, 11) is 3.35. The largest absolute Gasteiger partial charge is 0.357 e. The lowest BCUT2D eigenvalue weighted by Crippen LogP contribution is -2.34. The maximum Gasteiger partial charge on any atom is 0.147 e. The van der Waals surface area contributed by atoms with Gasteiger partial charge in [0.2, 0.25) is 0 Å².